The van der Waals surface area contributed by atoms with E-state index in [0.29, 0.717) is 0 Å². The van der Waals surface area contributed by atoms with Crippen molar-refractivity contribution in [2.24, 2.45) is 0 Å². The molecular formula is C21H18FNO3S. The number of benzene rings is 3. The molecule has 0 radical (unpaired) electrons. The Bertz CT molecular complexity index is 990. The Hall–Kier alpha value is -2.86. The highest BCUT2D eigenvalue weighted by molar-refractivity contribution is 8.00. The molecule has 4 nitrogen and oxygen atoms in total. The van der Waals surface area contributed by atoms with Gasteiger partial charge in [-0.15, -0.1) is 11.8 Å². The second-order valence-corrected chi connectivity index (χ2v) is 7.04. The number of nitrogens with one attached hydrogen (secondary N) is 1. The Morgan fingerprint density at radius 1 is 1.04 bits per heavy atom. The van der Waals surface area contributed by atoms with Crippen molar-refractivity contribution in [2.75, 3.05) is 17.7 Å². The molecule has 1 N–H and O–H groups in total. The zero-order valence-electron chi connectivity index (χ0n) is 14.7. The summed E-state index contributed by atoms with van der Waals surface area (Å²) in [5, 5.41) is 4.61. The van der Waals surface area contributed by atoms with Crippen LogP contribution in [0.5, 0.6) is 0 Å². The van der Waals surface area contributed by atoms with E-state index in [1.54, 1.807) is 13.0 Å². The third-order valence-electron chi connectivity index (χ3n) is 3.84. The van der Waals surface area contributed by atoms with Crippen molar-refractivity contribution < 1.29 is 18.7 Å². The van der Waals surface area contributed by atoms with Gasteiger partial charge in [0.2, 0.25) is 0 Å². The van der Waals surface area contributed by atoms with Gasteiger partial charge in [-0.25, -0.2) is 4.39 Å². The molecule has 0 bridgehead atoms. The number of thioether (sulfide) groups is 1. The first-order valence-corrected chi connectivity index (χ1v) is 9.33. The fourth-order valence-electron chi connectivity index (χ4n) is 2.49. The number of amides is 1. The quantitative estimate of drug-likeness (QED) is 0.501. The maximum atomic E-state index is 13.7. The number of hydrogen-bond acceptors (Lipinski definition) is 4. The summed E-state index contributed by atoms with van der Waals surface area (Å²) < 4.78 is 18.7. The number of carbonyl (C=O) groups excluding carboxylic acids is 2. The summed E-state index contributed by atoms with van der Waals surface area (Å²) in [6, 6.07) is 18.4. The number of hydrogen-bond donors (Lipinski definition) is 1. The summed E-state index contributed by atoms with van der Waals surface area (Å²) in [4.78, 5) is 24.6. The van der Waals surface area contributed by atoms with Crippen LogP contribution in [0.15, 0.2) is 65.6 Å². The number of carbonyl (C=O) groups is 2. The van der Waals surface area contributed by atoms with Gasteiger partial charge in [0.25, 0.3) is 5.91 Å². The van der Waals surface area contributed by atoms with Gasteiger partial charge >= 0.3 is 5.97 Å². The molecule has 3 rings (SSSR count). The number of aryl methyl sites for hydroxylation is 1. The van der Waals surface area contributed by atoms with Crippen LogP contribution in [0.4, 0.5) is 10.1 Å². The number of ether oxygens (including phenoxy) is 1. The monoisotopic (exact) mass is 383 g/mol. The molecule has 0 aliphatic heterocycles. The predicted octanol–water partition coefficient (Wildman–Crippen LogP) is 4.56. The first-order chi connectivity index (χ1) is 13.0. The summed E-state index contributed by atoms with van der Waals surface area (Å²) in [5.74, 6) is -1.53. The highest BCUT2D eigenvalue weighted by Crippen LogP contribution is 2.23. The van der Waals surface area contributed by atoms with Crippen LogP contribution in [0.3, 0.4) is 0 Å². The molecule has 3 aromatic carbocycles. The fourth-order valence-corrected chi connectivity index (χ4v) is 3.24. The van der Waals surface area contributed by atoms with Crippen molar-refractivity contribution in [1.82, 2.24) is 0 Å². The maximum Gasteiger partial charge on any atom is 0.316 e. The predicted molar refractivity (Wildman–Crippen MR) is 105 cm³/mol. The van der Waals surface area contributed by atoms with Crippen molar-refractivity contribution in [3.8, 4) is 0 Å². The molecule has 3 aromatic rings. The topological polar surface area (TPSA) is 55.4 Å². The summed E-state index contributed by atoms with van der Waals surface area (Å²) in [5.41, 5.74) is 0.815. The van der Waals surface area contributed by atoms with Gasteiger partial charge < -0.3 is 10.1 Å². The van der Waals surface area contributed by atoms with Gasteiger partial charge in [0, 0.05) is 4.90 Å². The Morgan fingerprint density at radius 2 is 1.81 bits per heavy atom. The average Bonchev–Trinajstić information content (AvgIpc) is 2.67. The molecule has 0 unspecified atom stereocenters. The highest BCUT2D eigenvalue weighted by atomic mass is 32.2. The van der Waals surface area contributed by atoms with Crippen LogP contribution in [0.2, 0.25) is 0 Å². The van der Waals surface area contributed by atoms with Crippen molar-refractivity contribution in [3.05, 3.63) is 72.0 Å². The molecule has 0 saturated carbocycles. The Morgan fingerprint density at radius 3 is 2.59 bits per heavy atom. The van der Waals surface area contributed by atoms with E-state index in [1.807, 2.05) is 42.5 Å². The van der Waals surface area contributed by atoms with Crippen LogP contribution in [-0.2, 0) is 14.3 Å². The second-order valence-electron chi connectivity index (χ2n) is 5.99. The molecule has 0 aromatic heterocycles. The minimum atomic E-state index is -0.582. The molecule has 0 aliphatic carbocycles. The molecule has 6 heteroatoms. The Labute approximate surface area is 160 Å². The van der Waals surface area contributed by atoms with Gasteiger partial charge in [-0.3, -0.25) is 9.59 Å². The lowest BCUT2D eigenvalue weighted by Crippen LogP contribution is -2.22. The van der Waals surface area contributed by atoms with Gasteiger partial charge in [-0.1, -0.05) is 36.4 Å². The third kappa shape index (κ3) is 5.31. The molecular weight excluding hydrogens is 365 g/mol. The standard InChI is InChI=1S/C21H18FNO3S/c1-14-6-9-19(18(22)10-14)23-20(24)12-26-21(25)13-27-17-8-7-15-4-2-3-5-16(15)11-17/h2-11H,12-13H2,1H3,(H,23,24). The van der Waals surface area contributed by atoms with Crippen LogP contribution in [-0.4, -0.2) is 24.2 Å². The van der Waals surface area contributed by atoms with E-state index in [2.05, 4.69) is 5.32 Å². The van der Waals surface area contributed by atoms with Crippen LogP contribution in [0.25, 0.3) is 10.8 Å². The molecule has 1 amide bonds. The molecule has 0 atom stereocenters. The maximum absolute atomic E-state index is 13.7. The molecule has 0 spiro atoms. The number of esters is 1. The Balaban J connectivity index is 1.46. The zero-order chi connectivity index (χ0) is 19.2. The summed E-state index contributed by atoms with van der Waals surface area (Å²) in [6.07, 6.45) is 0. The van der Waals surface area contributed by atoms with Crippen LogP contribution in [0, 0.1) is 12.7 Å². The molecule has 0 heterocycles. The lowest BCUT2D eigenvalue weighted by Gasteiger charge is -2.08. The van der Waals surface area contributed by atoms with Crippen molar-refractivity contribution in [3.63, 3.8) is 0 Å². The van der Waals surface area contributed by atoms with Crippen LogP contribution >= 0.6 is 11.8 Å². The van der Waals surface area contributed by atoms with E-state index in [-0.39, 0.29) is 11.4 Å². The SMILES string of the molecule is Cc1ccc(NC(=O)COC(=O)CSc2ccc3ccccc3c2)c(F)c1. The molecule has 0 fully saturated rings. The largest absolute Gasteiger partial charge is 0.455 e. The second kappa shape index (κ2) is 8.68. The lowest BCUT2D eigenvalue weighted by molar-refractivity contribution is -0.144. The Kier molecular flexibility index (Phi) is 6.08. The fraction of sp³-hybridized carbons (Fsp3) is 0.143. The normalized spacial score (nSPS) is 10.6. The van der Waals surface area contributed by atoms with E-state index >= 15 is 0 Å². The van der Waals surface area contributed by atoms with E-state index in [4.69, 9.17) is 4.74 Å². The molecule has 0 saturated heterocycles. The van der Waals surface area contributed by atoms with Gasteiger partial charge in [0.15, 0.2) is 6.61 Å². The highest BCUT2D eigenvalue weighted by Gasteiger charge is 2.11. The first-order valence-electron chi connectivity index (χ1n) is 8.34. The van der Waals surface area contributed by atoms with Gasteiger partial charge in [0.05, 0.1) is 11.4 Å². The average molecular weight is 383 g/mol. The molecule has 27 heavy (non-hydrogen) atoms. The number of rotatable bonds is 6. The van der Waals surface area contributed by atoms with Crippen LogP contribution < -0.4 is 5.32 Å². The van der Waals surface area contributed by atoms with Gasteiger partial charge in [0.1, 0.15) is 5.82 Å². The molecule has 138 valence electrons. The van der Waals surface area contributed by atoms with Gasteiger partial charge in [-0.05, 0) is 47.5 Å². The smallest absolute Gasteiger partial charge is 0.316 e. The first kappa shape index (κ1) is 18.9. The molecule has 0 aliphatic rings. The minimum Gasteiger partial charge on any atom is -0.455 e. The van der Waals surface area contributed by atoms with E-state index in [9.17, 15) is 14.0 Å². The van der Waals surface area contributed by atoms with E-state index < -0.39 is 24.3 Å². The van der Waals surface area contributed by atoms with Crippen molar-refractivity contribution in [1.29, 1.82) is 0 Å². The minimum absolute atomic E-state index is 0.0622. The summed E-state index contributed by atoms with van der Waals surface area (Å²) in [7, 11) is 0. The number of fused-ring (bicyclic) bond motifs is 1. The number of halogens is 1. The van der Waals surface area contributed by atoms with Crippen molar-refractivity contribution >= 4 is 40.1 Å². The third-order valence-corrected chi connectivity index (χ3v) is 4.81. The summed E-state index contributed by atoms with van der Waals surface area (Å²) >= 11 is 1.34. The summed E-state index contributed by atoms with van der Waals surface area (Å²) in [6.45, 7) is 1.30. The van der Waals surface area contributed by atoms with Crippen LogP contribution in [0.1, 0.15) is 5.56 Å². The lowest BCUT2D eigenvalue weighted by atomic mass is 10.1. The van der Waals surface area contributed by atoms with E-state index in [0.717, 1.165) is 21.2 Å². The number of anilines is 1. The zero-order valence-corrected chi connectivity index (χ0v) is 15.5. The van der Waals surface area contributed by atoms with Gasteiger partial charge in [-0.2, -0.15) is 0 Å². The van der Waals surface area contributed by atoms with E-state index in [1.165, 1.54) is 23.9 Å². The van der Waals surface area contributed by atoms with Crippen molar-refractivity contribution in [2.45, 2.75) is 11.8 Å².